The number of ether oxygens (including phenoxy) is 2. The van der Waals surface area contributed by atoms with Crippen molar-refractivity contribution >= 4 is 17.7 Å². The van der Waals surface area contributed by atoms with Gasteiger partial charge in [0.1, 0.15) is 5.76 Å². The van der Waals surface area contributed by atoms with Gasteiger partial charge in [0.05, 0.1) is 17.7 Å². The van der Waals surface area contributed by atoms with Gasteiger partial charge in [0.2, 0.25) is 0 Å². The van der Waals surface area contributed by atoms with E-state index in [9.17, 15) is 9.59 Å². The van der Waals surface area contributed by atoms with Gasteiger partial charge in [0.25, 0.3) is 0 Å². The Hall–Kier alpha value is -2.88. The van der Waals surface area contributed by atoms with Crippen LogP contribution in [0.3, 0.4) is 0 Å². The SMILES string of the molecule is CC(C)OC(=O)/C=C(/OC(=O)c1ccccc1)c1ccccc1. The molecule has 2 rings (SSSR count). The van der Waals surface area contributed by atoms with E-state index in [0.717, 1.165) is 0 Å². The summed E-state index contributed by atoms with van der Waals surface area (Å²) in [4.78, 5) is 24.1. The maximum atomic E-state index is 12.2. The van der Waals surface area contributed by atoms with Crippen LogP contribution in [0.15, 0.2) is 66.7 Å². The highest BCUT2D eigenvalue weighted by molar-refractivity contribution is 5.96. The first kappa shape index (κ1) is 16.5. The monoisotopic (exact) mass is 310 g/mol. The molecule has 0 bridgehead atoms. The predicted molar refractivity (Wildman–Crippen MR) is 87.5 cm³/mol. The lowest BCUT2D eigenvalue weighted by atomic mass is 10.1. The van der Waals surface area contributed by atoms with E-state index in [2.05, 4.69) is 0 Å². The van der Waals surface area contributed by atoms with E-state index < -0.39 is 11.9 Å². The van der Waals surface area contributed by atoms with E-state index in [1.807, 2.05) is 12.1 Å². The quantitative estimate of drug-likeness (QED) is 0.478. The fraction of sp³-hybridized carbons (Fsp3) is 0.158. The Morgan fingerprint density at radius 3 is 1.91 bits per heavy atom. The van der Waals surface area contributed by atoms with Gasteiger partial charge in [0.15, 0.2) is 0 Å². The lowest BCUT2D eigenvalue weighted by Crippen LogP contribution is -2.11. The van der Waals surface area contributed by atoms with Crippen molar-refractivity contribution in [2.45, 2.75) is 20.0 Å². The lowest BCUT2D eigenvalue weighted by molar-refractivity contribution is -0.141. The maximum absolute atomic E-state index is 12.2. The molecule has 0 saturated carbocycles. The molecule has 0 spiro atoms. The molecule has 0 amide bonds. The fourth-order valence-corrected chi connectivity index (χ4v) is 1.88. The Morgan fingerprint density at radius 2 is 1.39 bits per heavy atom. The first-order valence-corrected chi connectivity index (χ1v) is 7.31. The summed E-state index contributed by atoms with van der Waals surface area (Å²) >= 11 is 0. The average Bonchev–Trinajstić information content (AvgIpc) is 2.55. The molecule has 23 heavy (non-hydrogen) atoms. The molecule has 0 saturated heterocycles. The zero-order valence-corrected chi connectivity index (χ0v) is 13.1. The topological polar surface area (TPSA) is 52.6 Å². The van der Waals surface area contributed by atoms with Gasteiger partial charge < -0.3 is 9.47 Å². The van der Waals surface area contributed by atoms with Crippen molar-refractivity contribution in [3.05, 3.63) is 77.9 Å². The summed E-state index contributed by atoms with van der Waals surface area (Å²) < 4.78 is 10.5. The van der Waals surface area contributed by atoms with Crippen LogP contribution < -0.4 is 0 Å². The van der Waals surface area contributed by atoms with Crippen LogP contribution in [0, 0.1) is 0 Å². The first-order valence-electron chi connectivity index (χ1n) is 7.31. The zero-order chi connectivity index (χ0) is 16.7. The van der Waals surface area contributed by atoms with Gasteiger partial charge in [-0.15, -0.1) is 0 Å². The summed E-state index contributed by atoms with van der Waals surface area (Å²) in [6.07, 6.45) is 0.941. The second-order valence-electron chi connectivity index (χ2n) is 5.12. The van der Waals surface area contributed by atoms with Crippen molar-refractivity contribution < 1.29 is 19.1 Å². The predicted octanol–water partition coefficient (Wildman–Crippen LogP) is 3.84. The number of esters is 2. The molecule has 0 fully saturated rings. The van der Waals surface area contributed by atoms with Crippen LogP contribution in [0.4, 0.5) is 0 Å². The van der Waals surface area contributed by atoms with Crippen molar-refractivity contribution in [1.29, 1.82) is 0 Å². The van der Waals surface area contributed by atoms with Gasteiger partial charge in [-0.05, 0) is 26.0 Å². The Balaban J connectivity index is 2.26. The molecular weight excluding hydrogens is 292 g/mol. The molecule has 0 N–H and O–H groups in total. The van der Waals surface area contributed by atoms with Crippen molar-refractivity contribution in [3.8, 4) is 0 Å². The molecule has 0 heterocycles. The summed E-state index contributed by atoms with van der Waals surface area (Å²) in [6, 6.07) is 17.6. The molecule has 118 valence electrons. The van der Waals surface area contributed by atoms with Gasteiger partial charge in [-0.3, -0.25) is 0 Å². The third-order valence-electron chi connectivity index (χ3n) is 2.87. The molecule has 0 atom stereocenters. The molecule has 0 aliphatic rings. The number of hydrogen-bond acceptors (Lipinski definition) is 4. The molecule has 4 heteroatoms. The lowest BCUT2D eigenvalue weighted by Gasteiger charge is -2.10. The van der Waals surface area contributed by atoms with Crippen molar-refractivity contribution in [2.24, 2.45) is 0 Å². The Kier molecular flexibility index (Phi) is 5.69. The van der Waals surface area contributed by atoms with Crippen molar-refractivity contribution in [3.63, 3.8) is 0 Å². The molecule has 0 aliphatic carbocycles. The van der Waals surface area contributed by atoms with Crippen LogP contribution in [-0.4, -0.2) is 18.0 Å². The van der Waals surface area contributed by atoms with Crippen LogP contribution >= 0.6 is 0 Å². The van der Waals surface area contributed by atoms with Crippen molar-refractivity contribution in [1.82, 2.24) is 0 Å². The van der Waals surface area contributed by atoms with Crippen molar-refractivity contribution in [2.75, 3.05) is 0 Å². The molecule has 0 unspecified atom stereocenters. The minimum absolute atomic E-state index is 0.158. The van der Waals surface area contributed by atoms with Gasteiger partial charge in [-0.25, -0.2) is 9.59 Å². The number of carbonyl (C=O) groups is 2. The van der Waals surface area contributed by atoms with Crippen LogP contribution in [0.25, 0.3) is 5.76 Å². The van der Waals surface area contributed by atoms with Crippen LogP contribution in [0.5, 0.6) is 0 Å². The highest BCUT2D eigenvalue weighted by Gasteiger charge is 2.14. The number of hydrogen-bond donors (Lipinski definition) is 0. The maximum Gasteiger partial charge on any atom is 0.343 e. The van der Waals surface area contributed by atoms with Gasteiger partial charge in [0, 0.05) is 5.56 Å². The van der Waals surface area contributed by atoms with Crippen LogP contribution in [0.2, 0.25) is 0 Å². The Morgan fingerprint density at radius 1 is 0.870 bits per heavy atom. The molecular formula is C19H18O4. The third kappa shape index (κ3) is 5.11. The molecule has 0 radical (unpaired) electrons. The first-order chi connectivity index (χ1) is 11.1. The second kappa shape index (κ2) is 7.94. The summed E-state index contributed by atoms with van der Waals surface area (Å²) in [7, 11) is 0. The van der Waals surface area contributed by atoms with E-state index in [1.54, 1.807) is 62.4 Å². The minimum atomic E-state index is -0.556. The minimum Gasteiger partial charge on any atom is -0.460 e. The second-order valence-corrected chi connectivity index (χ2v) is 5.12. The average molecular weight is 310 g/mol. The summed E-state index contributed by atoms with van der Waals surface area (Å²) in [5.41, 5.74) is 1.03. The summed E-state index contributed by atoms with van der Waals surface area (Å²) in [6.45, 7) is 3.51. The standard InChI is InChI=1S/C19H18O4/c1-14(2)22-18(20)13-17(15-9-5-3-6-10-15)23-19(21)16-11-7-4-8-12-16/h3-14H,1-2H3/b17-13+. The van der Waals surface area contributed by atoms with E-state index in [-0.39, 0.29) is 11.9 Å². The summed E-state index contributed by atoms with van der Waals surface area (Å²) in [5, 5.41) is 0. The highest BCUT2D eigenvalue weighted by atomic mass is 16.6. The van der Waals surface area contributed by atoms with E-state index in [4.69, 9.17) is 9.47 Å². The number of rotatable bonds is 5. The largest absolute Gasteiger partial charge is 0.460 e. The van der Waals surface area contributed by atoms with Gasteiger partial charge in [-0.2, -0.15) is 0 Å². The van der Waals surface area contributed by atoms with Gasteiger partial charge in [-0.1, -0.05) is 48.5 Å². The normalized spacial score (nSPS) is 11.2. The van der Waals surface area contributed by atoms with Crippen LogP contribution in [0.1, 0.15) is 29.8 Å². The number of benzene rings is 2. The molecule has 2 aromatic carbocycles. The van der Waals surface area contributed by atoms with Gasteiger partial charge >= 0.3 is 11.9 Å². The van der Waals surface area contributed by atoms with E-state index in [1.165, 1.54) is 6.08 Å². The Labute approximate surface area is 135 Å². The fourth-order valence-electron chi connectivity index (χ4n) is 1.88. The third-order valence-corrected chi connectivity index (χ3v) is 2.87. The highest BCUT2D eigenvalue weighted by Crippen LogP contribution is 2.18. The van der Waals surface area contributed by atoms with E-state index >= 15 is 0 Å². The smallest absolute Gasteiger partial charge is 0.343 e. The summed E-state index contributed by atoms with van der Waals surface area (Å²) in [5.74, 6) is -0.928. The zero-order valence-electron chi connectivity index (χ0n) is 13.1. The number of carbonyl (C=O) groups excluding carboxylic acids is 2. The molecule has 0 aliphatic heterocycles. The van der Waals surface area contributed by atoms with E-state index in [0.29, 0.717) is 11.1 Å². The molecule has 0 aromatic heterocycles. The van der Waals surface area contributed by atoms with Crippen LogP contribution in [-0.2, 0) is 14.3 Å². The Bertz CT molecular complexity index is 688. The molecule has 2 aromatic rings. The molecule has 4 nitrogen and oxygen atoms in total.